The predicted molar refractivity (Wildman–Crippen MR) is 92.8 cm³/mol. The van der Waals surface area contributed by atoms with Gasteiger partial charge in [0.1, 0.15) is 17.9 Å². The van der Waals surface area contributed by atoms with Gasteiger partial charge in [0.2, 0.25) is 5.91 Å². The molecule has 2 bridgehead atoms. The summed E-state index contributed by atoms with van der Waals surface area (Å²) in [5.74, 6) is -1.56. The number of fused-ring (bicyclic) bond motifs is 2. The average Bonchev–Trinajstić information content (AvgIpc) is 3.17. The van der Waals surface area contributed by atoms with Gasteiger partial charge in [0.25, 0.3) is 0 Å². The Bertz CT molecular complexity index is 979. The number of carbonyl (C=O) groups is 1. The van der Waals surface area contributed by atoms with Gasteiger partial charge >= 0.3 is 6.18 Å². The number of halogens is 4. The van der Waals surface area contributed by atoms with Crippen molar-refractivity contribution in [2.75, 3.05) is 11.5 Å². The molecule has 6 atom stereocenters. The number of nitriles is 1. The molecule has 1 aromatic rings. The van der Waals surface area contributed by atoms with Gasteiger partial charge in [-0.1, -0.05) is 11.6 Å². The van der Waals surface area contributed by atoms with Crippen LogP contribution in [-0.4, -0.2) is 41.2 Å². The van der Waals surface area contributed by atoms with Crippen molar-refractivity contribution in [3.05, 3.63) is 28.3 Å². The number of carbonyl (C=O) groups excluding carboxylic acids is 1. The Kier molecular flexibility index (Phi) is 3.72. The summed E-state index contributed by atoms with van der Waals surface area (Å²) in [6.45, 7) is 1.94. The largest absolute Gasteiger partial charge is 0.417 e. The van der Waals surface area contributed by atoms with Crippen molar-refractivity contribution in [2.45, 2.75) is 49.5 Å². The molecule has 4 heterocycles. The van der Waals surface area contributed by atoms with E-state index in [1.807, 2.05) is 0 Å². The van der Waals surface area contributed by atoms with Gasteiger partial charge < -0.3 is 14.6 Å². The van der Waals surface area contributed by atoms with Gasteiger partial charge in [-0.3, -0.25) is 9.69 Å². The molecule has 1 spiro atoms. The summed E-state index contributed by atoms with van der Waals surface area (Å²) in [5.41, 5.74) is -3.84. The number of alkyl halides is 3. The summed E-state index contributed by atoms with van der Waals surface area (Å²) in [6.07, 6.45) is -5.78. The maximum Gasteiger partial charge on any atom is 0.417 e. The van der Waals surface area contributed by atoms with Crippen LogP contribution < -0.4 is 4.90 Å². The van der Waals surface area contributed by atoms with E-state index >= 15 is 0 Å². The lowest BCUT2D eigenvalue weighted by atomic mass is 9.65. The Morgan fingerprint density at radius 3 is 2.79 bits per heavy atom. The lowest BCUT2D eigenvalue weighted by Gasteiger charge is -2.43. The minimum Gasteiger partial charge on any atom is -0.390 e. The highest BCUT2D eigenvalue weighted by Crippen LogP contribution is 2.65. The van der Waals surface area contributed by atoms with Crippen molar-refractivity contribution in [3.63, 3.8) is 0 Å². The number of hydrogen-bond donors (Lipinski definition) is 1. The van der Waals surface area contributed by atoms with Crippen LogP contribution >= 0.6 is 11.6 Å². The monoisotopic (exact) mass is 428 g/mol. The van der Waals surface area contributed by atoms with Crippen molar-refractivity contribution >= 4 is 23.2 Å². The molecule has 1 aromatic carbocycles. The first-order valence-corrected chi connectivity index (χ1v) is 9.55. The van der Waals surface area contributed by atoms with Gasteiger partial charge in [0, 0.05) is 18.5 Å². The highest BCUT2D eigenvalue weighted by atomic mass is 35.5. The first-order valence-electron chi connectivity index (χ1n) is 9.17. The Hall–Kier alpha value is -1.86. The van der Waals surface area contributed by atoms with Crippen molar-refractivity contribution < 1.29 is 32.5 Å². The second-order valence-corrected chi connectivity index (χ2v) is 8.68. The molecule has 4 aliphatic heterocycles. The molecular weight excluding hydrogens is 413 g/mol. The van der Waals surface area contributed by atoms with Crippen LogP contribution in [0.3, 0.4) is 0 Å². The average molecular weight is 429 g/mol. The molecule has 4 saturated heterocycles. The molecule has 0 unspecified atom stereocenters. The molecule has 4 fully saturated rings. The molecule has 6 nitrogen and oxygen atoms in total. The van der Waals surface area contributed by atoms with E-state index in [1.54, 1.807) is 6.92 Å². The molecule has 0 saturated carbocycles. The summed E-state index contributed by atoms with van der Waals surface area (Å²) in [7, 11) is 0. The SMILES string of the molecule is C[C@@]12C[C@H](O)[C@]3(CCO[C@H]4[C@@H]3[C@@H]1C(=O)N4c1cc(Cl)c(C#N)c(C(F)(F)F)c1)O2. The second kappa shape index (κ2) is 5.64. The van der Waals surface area contributed by atoms with Gasteiger partial charge in [-0.15, -0.1) is 0 Å². The minimum absolute atomic E-state index is 0.0831. The molecule has 1 N–H and O–H groups in total. The maximum absolute atomic E-state index is 13.5. The lowest BCUT2D eigenvalue weighted by Crippen LogP contribution is -2.56. The quantitative estimate of drug-likeness (QED) is 0.743. The van der Waals surface area contributed by atoms with Crippen molar-refractivity contribution in [2.24, 2.45) is 11.8 Å². The molecular formula is C19H16ClF3N2O4. The lowest BCUT2D eigenvalue weighted by molar-refractivity contribution is -0.163. The fourth-order valence-corrected chi connectivity index (χ4v) is 6.00. The van der Waals surface area contributed by atoms with Crippen LogP contribution in [0.15, 0.2) is 12.1 Å². The third-order valence-corrected chi connectivity index (χ3v) is 7.08. The summed E-state index contributed by atoms with van der Waals surface area (Å²) in [5, 5.41) is 19.3. The number of anilines is 1. The van der Waals surface area contributed by atoms with Crippen molar-refractivity contribution in [3.8, 4) is 6.07 Å². The highest BCUT2D eigenvalue weighted by molar-refractivity contribution is 6.32. The van der Waals surface area contributed by atoms with Crippen molar-refractivity contribution in [1.29, 1.82) is 5.26 Å². The number of amides is 1. The van der Waals surface area contributed by atoms with E-state index in [9.17, 15) is 23.1 Å². The zero-order valence-corrected chi connectivity index (χ0v) is 15.9. The second-order valence-electron chi connectivity index (χ2n) is 8.27. The highest BCUT2D eigenvalue weighted by Gasteiger charge is 2.78. The standard InChI is InChI=1S/C19H16ClF3N2O4/c1-17-6-12(26)18(29-17)2-3-28-16-14(18)13(17)15(27)25(16)8-4-10(19(21,22)23)9(7-24)11(20)5-8/h4-5,12-14,16,26H,2-3,6H2,1H3/t12-,13+,14-,16-,17+,18-/m0/s1. The number of ether oxygens (including phenoxy) is 2. The van der Waals surface area contributed by atoms with Gasteiger partial charge in [-0.2, -0.15) is 18.4 Å². The summed E-state index contributed by atoms with van der Waals surface area (Å²) in [4.78, 5) is 14.5. The number of hydrogen-bond acceptors (Lipinski definition) is 5. The zero-order chi connectivity index (χ0) is 20.9. The molecule has 10 heteroatoms. The predicted octanol–water partition coefficient (Wildman–Crippen LogP) is 2.85. The smallest absolute Gasteiger partial charge is 0.390 e. The number of aliphatic hydroxyl groups is 1. The Balaban J connectivity index is 1.65. The van der Waals surface area contributed by atoms with Crippen LogP contribution in [0.25, 0.3) is 0 Å². The third kappa shape index (κ3) is 2.26. The van der Waals surface area contributed by atoms with Gasteiger partial charge in [-0.25, -0.2) is 0 Å². The van der Waals surface area contributed by atoms with Gasteiger partial charge in [0.15, 0.2) is 0 Å². The van der Waals surface area contributed by atoms with E-state index in [0.29, 0.717) is 6.42 Å². The zero-order valence-electron chi connectivity index (χ0n) is 15.2. The van der Waals surface area contributed by atoms with Gasteiger partial charge in [-0.05, 0) is 19.1 Å². The van der Waals surface area contributed by atoms with Crippen LogP contribution in [0.2, 0.25) is 5.02 Å². The summed E-state index contributed by atoms with van der Waals surface area (Å²) < 4.78 is 52.5. The number of aliphatic hydroxyl groups excluding tert-OH is 1. The molecule has 4 aliphatic rings. The summed E-state index contributed by atoms with van der Waals surface area (Å²) in [6, 6.07) is 3.42. The number of nitrogens with zero attached hydrogens (tertiary/aromatic N) is 2. The fraction of sp³-hybridized carbons (Fsp3) is 0.579. The van der Waals surface area contributed by atoms with Crippen LogP contribution in [0, 0.1) is 23.2 Å². The van der Waals surface area contributed by atoms with E-state index < -0.39 is 63.6 Å². The molecule has 0 radical (unpaired) electrons. The van der Waals surface area contributed by atoms with Crippen LogP contribution in [0.5, 0.6) is 0 Å². The number of rotatable bonds is 1. The van der Waals surface area contributed by atoms with E-state index in [-0.39, 0.29) is 18.7 Å². The third-order valence-electron chi connectivity index (χ3n) is 6.78. The van der Waals surface area contributed by atoms with Crippen molar-refractivity contribution in [1.82, 2.24) is 0 Å². The normalized spacial score (nSPS) is 40.3. The van der Waals surface area contributed by atoms with Crippen LogP contribution in [-0.2, 0) is 20.4 Å². The van der Waals surface area contributed by atoms with Gasteiger partial charge in [0.05, 0.1) is 46.3 Å². The van der Waals surface area contributed by atoms with E-state index in [4.69, 9.17) is 26.3 Å². The first kappa shape index (κ1) is 19.1. The Morgan fingerprint density at radius 2 is 2.14 bits per heavy atom. The maximum atomic E-state index is 13.5. The van der Waals surface area contributed by atoms with Crippen LogP contribution in [0.4, 0.5) is 18.9 Å². The minimum atomic E-state index is -4.82. The number of benzene rings is 1. The van der Waals surface area contributed by atoms with E-state index in [2.05, 4.69) is 0 Å². The fourth-order valence-electron chi connectivity index (χ4n) is 5.74. The molecule has 154 valence electrons. The van der Waals surface area contributed by atoms with Crippen LogP contribution in [0.1, 0.15) is 30.9 Å². The molecule has 0 aromatic heterocycles. The Morgan fingerprint density at radius 1 is 1.41 bits per heavy atom. The molecule has 5 rings (SSSR count). The van der Waals surface area contributed by atoms with E-state index in [1.165, 1.54) is 17.0 Å². The first-order chi connectivity index (χ1) is 13.5. The van der Waals surface area contributed by atoms with E-state index in [0.717, 1.165) is 6.07 Å². The topological polar surface area (TPSA) is 82.8 Å². The molecule has 0 aliphatic carbocycles. The summed E-state index contributed by atoms with van der Waals surface area (Å²) >= 11 is 5.97. The molecule has 29 heavy (non-hydrogen) atoms. The Labute approximate surface area is 168 Å². The molecule has 1 amide bonds.